The molecule has 0 bridgehead atoms. The fourth-order valence-electron chi connectivity index (χ4n) is 1.02. The van der Waals surface area contributed by atoms with Crippen LogP contribution in [0.3, 0.4) is 0 Å². The zero-order valence-electron chi connectivity index (χ0n) is 8.25. The summed E-state index contributed by atoms with van der Waals surface area (Å²) < 4.78 is 0. The van der Waals surface area contributed by atoms with E-state index in [4.69, 9.17) is 10.8 Å². The summed E-state index contributed by atoms with van der Waals surface area (Å²) in [4.78, 5) is 26.0. The molecular weight excluding hydrogens is 230 g/mol. The van der Waals surface area contributed by atoms with E-state index in [9.17, 15) is 9.59 Å². The molecule has 0 unspecified atom stereocenters. The number of nitrogen functional groups attached to an aromatic ring is 1. The van der Waals surface area contributed by atoms with Crippen molar-refractivity contribution in [3.63, 3.8) is 0 Å². The van der Waals surface area contributed by atoms with E-state index in [2.05, 4.69) is 22.9 Å². The molecule has 0 radical (unpaired) electrons. The summed E-state index contributed by atoms with van der Waals surface area (Å²) in [6.45, 7) is 0. The van der Waals surface area contributed by atoms with Gasteiger partial charge in [-0.25, -0.2) is 9.78 Å². The van der Waals surface area contributed by atoms with E-state index in [1.165, 1.54) is 12.3 Å². The van der Waals surface area contributed by atoms with Crippen LogP contribution in [0, 0.1) is 0 Å². The van der Waals surface area contributed by atoms with Gasteiger partial charge in [0.1, 0.15) is 6.04 Å². The third kappa shape index (κ3) is 2.86. The lowest BCUT2D eigenvalue weighted by atomic mass is 10.2. The number of aliphatic carboxylic acids is 1. The molecule has 0 fully saturated rings. The Morgan fingerprint density at radius 3 is 2.81 bits per heavy atom. The van der Waals surface area contributed by atoms with Crippen LogP contribution in [0.15, 0.2) is 18.3 Å². The lowest BCUT2D eigenvalue weighted by Crippen LogP contribution is -2.42. The van der Waals surface area contributed by atoms with Crippen LogP contribution in [0.5, 0.6) is 0 Å². The van der Waals surface area contributed by atoms with Gasteiger partial charge in [0.05, 0.1) is 5.69 Å². The van der Waals surface area contributed by atoms with Crippen molar-refractivity contribution in [3.05, 3.63) is 24.0 Å². The number of pyridine rings is 1. The lowest BCUT2D eigenvalue weighted by molar-refractivity contribution is -0.138. The number of hydrogen-bond acceptors (Lipinski definition) is 5. The average Bonchev–Trinajstić information content (AvgIpc) is 2.25. The molecule has 0 aliphatic heterocycles. The lowest BCUT2D eigenvalue weighted by Gasteiger charge is -2.11. The number of carboxylic acid groups (broad SMARTS) is 1. The maximum absolute atomic E-state index is 11.6. The third-order valence-corrected chi connectivity index (χ3v) is 2.21. The molecular formula is C9H11N3O3S. The maximum atomic E-state index is 11.6. The van der Waals surface area contributed by atoms with Crippen molar-refractivity contribution in [1.82, 2.24) is 10.3 Å². The zero-order chi connectivity index (χ0) is 12.1. The molecule has 0 saturated carbocycles. The fraction of sp³-hybridized carbons (Fsp3) is 0.222. The second-order valence-electron chi connectivity index (χ2n) is 2.99. The van der Waals surface area contributed by atoms with Gasteiger partial charge in [-0.3, -0.25) is 4.79 Å². The highest BCUT2D eigenvalue weighted by molar-refractivity contribution is 7.80. The molecule has 1 atom stereocenters. The minimum Gasteiger partial charge on any atom is -0.480 e. The van der Waals surface area contributed by atoms with Crippen molar-refractivity contribution < 1.29 is 14.7 Å². The molecule has 1 aromatic heterocycles. The number of nitrogens with two attached hydrogens (primary N) is 1. The first kappa shape index (κ1) is 12.3. The van der Waals surface area contributed by atoms with E-state index in [-0.39, 0.29) is 17.1 Å². The topological polar surface area (TPSA) is 105 Å². The molecule has 1 amide bonds. The molecule has 7 heteroatoms. The first-order valence-corrected chi connectivity index (χ1v) is 5.04. The van der Waals surface area contributed by atoms with Gasteiger partial charge in [0.15, 0.2) is 5.69 Å². The number of nitrogens with one attached hydrogen (secondary N) is 1. The summed E-state index contributed by atoms with van der Waals surface area (Å²) in [5, 5.41) is 11.0. The molecule has 0 spiro atoms. The van der Waals surface area contributed by atoms with E-state index < -0.39 is 17.9 Å². The molecule has 1 aromatic rings. The molecule has 0 aliphatic carbocycles. The number of carbonyl (C=O) groups excluding carboxylic acids is 1. The van der Waals surface area contributed by atoms with Gasteiger partial charge < -0.3 is 16.2 Å². The summed E-state index contributed by atoms with van der Waals surface area (Å²) in [5.74, 6) is -1.79. The average molecular weight is 241 g/mol. The van der Waals surface area contributed by atoms with Crippen LogP contribution in [-0.4, -0.2) is 33.8 Å². The largest absolute Gasteiger partial charge is 0.480 e. The first-order valence-electron chi connectivity index (χ1n) is 4.41. The standard InChI is InChI=1S/C9H11N3O3S/c10-5-2-1-3-11-7(5)8(13)12-6(4-16)9(14)15/h1-3,6,16H,4,10H2,(H,12,13)(H,14,15)/t6-/m0/s1. The number of thiol groups is 1. The summed E-state index contributed by atoms with van der Waals surface area (Å²) >= 11 is 3.82. The Balaban J connectivity index is 2.80. The number of carboxylic acids is 1. The van der Waals surface area contributed by atoms with Crippen molar-refractivity contribution in [2.24, 2.45) is 0 Å². The maximum Gasteiger partial charge on any atom is 0.327 e. The molecule has 16 heavy (non-hydrogen) atoms. The molecule has 0 saturated heterocycles. The fourth-order valence-corrected chi connectivity index (χ4v) is 1.27. The van der Waals surface area contributed by atoms with Gasteiger partial charge in [-0.1, -0.05) is 0 Å². The van der Waals surface area contributed by atoms with Crippen molar-refractivity contribution in [2.45, 2.75) is 6.04 Å². The Bertz CT molecular complexity index is 411. The molecule has 86 valence electrons. The quantitative estimate of drug-likeness (QED) is 0.545. The van der Waals surface area contributed by atoms with Crippen LogP contribution in [-0.2, 0) is 4.79 Å². The highest BCUT2D eigenvalue weighted by Gasteiger charge is 2.20. The van der Waals surface area contributed by atoms with Crippen LogP contribution >= 0.6 is 12.6 Å². The van der Waals surface area contributed by atoms with Gasteiger partial charge in [-0.15, -0.1) is 0 Å². The van der Waals surface area contributed by atoms with E-state index in [1.807, 2.05) is 0 Å². The SMILES string of the molecule is Nc1cccnc1C(=O)N[C@@H](CS)C(=O)O. The van der Waals surface area contributed by atoms with Gasteiger partial charge >= 0.3 is 5.97 Å². The summed E-state index contributed by atoms with van der Waals surface area (Å²) in [6.07, 6.45) is 1.40. The van der Waals surface area contributed by atoms with Crippen molar-refractivity contribution in [3.8, 4) is 0 Å². The molecule has 1 rings (SSSR count). The predicted molar refractivity (Wildman–Crippen MR) is 61.4 cm³/mol. The minimum atomic E-state index is -1.15. The number of amides is 1. The molecule has 6 nitrogen and oxygen atoms in total. The highest BCUT2D eigenvalue weighted by atomic mass is 32.1. The smallest absolute Gasteiger partial charge is 0.327 e. The Labute approximate surface area is 97.3 Å². The number of anilines is 1. The monoisotopic (exact) mass is 241 g/mol. The first-order chi connectivity index (χ1) is 7.56. The molecule has 0 aromatic carbocycles. The summed E-state index contributed by atoms with van der Waals surface area (Å²) in [7, 11) is 0. The number of nitrogens with zero attached hydrogens (tertiary/aromatic N) is 1. The van der Waals surface area contributed by atoms with Crippen LogP contribution < -0.4 is 11.1 Å². The second-order valence-corrected chi connectivity index (χ2v) is 3.35. The van der Waals surface area contributed by atoms with Crippen molar-refractivity contribution in [2.75, 3.05) is 11.5 Å². The molecule has 1 heterocycles. The van der Waals surface area contributed by atoms with E-state index in [0.29, 0.717) is 0 Å². The van der Waals surface area contributed by atoms with Gasteiger partial charge in [-0.2, -0.15) is 12.6 Å². The van der Waals surface area contributed by atoms with E-state index in [1.54, 1.807) is 6.07 Å². The minimum absolute atomic E-state index is 0.00614. The van der Waals surface area contributed by atoms with Crippen LogP contribution in [0.2, 0.25) is 0 Å². The molecule has 0 aliphatic rings. The second kappa shape index (κ2) is 5.36. The van der Waals surface area contributed by atoms with Crippen LogP contribution in [0.4, 0.5) is 5.69 Å². The number of carbonyl (C=O) groups is 2. The Morgan fingerprint density at radius 1 is 1.62 bits per heavy atom. The normalized spacial score (nSPS) is 11.8. The predicted octanol–water partition coefficient (Wildman–Crippen LogP) is -0.223. The summed E-state index contributed by atoms with van der Waals surface area (Å²) in [6, 6.07) is 2.04. The van der Waals surface area contributed by atoms with Crippen molar-refractivity contribution >= 4 is 30.2 Å². The number of hydrogen-bond donors (Lipinski definition) is 4. The Kier molecular flexibility index (Phi) is 4.12. The van der Waals surface area contributed by atoms with Crippen molar-refractivity contribution in [1.29, 1.82) is 0 Å². The van der Waals surface area contributed by atoms with E-state index in [0.717, 1.165) is 0 Å². The van der Waals surface area contributed by atoms with Crippen LogP contribution in [0.1, 0.15) is 10.5 Å². The Morgan fingerprint density at radius 2 is 2.31 bits per heavy atom. The highest BCUT2D eigenvalue weighted by Crippen LogP contribution is 2.06. The van der Waals surface area contributed by atoms with Crippen LogP contribution in [0.25, 0.3) is 0 Å². The van der Waals surface area contributed by atoms with E-state index >= 15 is 0 Å². The van der Waals surface area contributed by atoms with Gasteiger partial charge in [0.25, 0.3) is 5.91 Å². The number of aromatic nitrogens is 1. The van der Waals surface area contributed by atoms with Gasteiger partial charge in [0, 0.05) is 11.9 Å². The summed E-state index contributed by atoms with van der Waals surface area (Å²) in [5.41, 5.74) is 5.73. The van der Waals surface area contributed by atoms with Gasteiger partial charge in [0.2, 0.25) is 0 Å². The molecule has 4 N–H and O–H groups in total. The third-order valence-electron chi connectivity index (χ3n) is 1.84. The van der Waals surface area contributed by atoms with Gasteiger partial charge in [-0.05, 0) is 12.1 Å². The zero-order valence-corrected chi connectivity index (χ0v) is 9.15. The Hall–Kier alpha value is -1.76. The number of rotatable bonds is 4.